The Morgan fingerprint density at radius 1 is 1.26 bits per heavy atom. The lowest BCUT2D eigenvalue weighted by Gasteiger charge is -2.21. The summed E-state index contributed by atoms with van der Waals surface area (Å²) in [5.74, 6) is 2.29. The Kier molecular flexibility index (Phi) is 3.48. The number of benzene rings is 1. The Labute approximate surface area is 114 Å². The molecular weight excluding hydrogens is 241 g/mol. The van der Waals surface area contributed by atoms with Crippen molar-refractivity contribution in [1.29, 1.82) is 0 Å². The molecular formula is C16H22FNO. The van der Waals surface area contributed by atoms with Crippen LogP contribution in [0.25, 0.3) is 0 Å². The van der Waals surface area contributed by atoms with E-state index in [9.17, 15) is 9.50 Å². The molecule has 3 rings (SSSR count). The van der Waals surface area contributed by atoms with Crippen molar-refractivity contribution in [2.75, 3.05) is 6.54 Å². The van der Waals surface area contributed by atoms with Gasteiger partial charge < -0.3 is 10.4 Å². The molecule has 2 fully saturated rings. The lowest BCUT2D eigenvalue weighted by molar-refractivity contribution is 0.359. The van der Waals surface area contributed by atoms with E-state index in [4.69, 9.17) is 0 Å². The Balaban J connectivity index is 1.59. The molecule has 1 aromatic rings. The van der Waals surface area contributed by atoms with Gasteiger partial charge in [-0.15, -0.1) is 0 Å². The highest BCUT2D eigenvalue weighted by Crippen LogP contribution is 2.49. The molecule has 0 bridgehead atoms. The van der Waals surface area contributed by atoms with Crippen LogP contribution < -0.4 is 5.32 Å². The maximum absolute atomic E-state index is 13.8. The van der Waals surface area contributed by atoms with Crippen LogP contribution in [-0.4, -0.2) is 11.7 Å². The molecule has 0 heterocycles. The molecule has 0 saturated heterocycles. The number of hydrogen-bond donors (Lipinski definition) is 2. The Morgan fingerprint density at radius 3 is 2.42 bits per heavy atom. The summed E-state index contributed by atoms with van der Waals surface area (Å²) in [5, 5.41) is 12.7. The average molecular weight is 263 g/mol. The first-order valence-electron chi connectivity index (χ1n) is 7.37. The van der Waals surface area contributed by atoms with Crippen molar-refractivity contribution in [1.82, 2.24) is 5.32 Å². The highest BCUT2D eigenvalue weighted by molar-refractivity contribution is 5.29. The van der Waals surface area contributed by atoms with Crippen LogP contribution >= 0.6 is 0 Å². The summed E-state index contributed by atoms with van der Waals surface area (Å²) in [4.78, 5) is 0. The first-order valence-corrected chi connectivity index (χ1v) is 7.37. The highest BCUT2D eigenvalue weighted by Gasteiger charge is 2.41. The number of hydrogen-bond acceptors (Lipinski definition) is 2. The molecule has 2 nitrogen and oxygen atoms in total. The van der Waals surface area contributed by atoms with Gasteiger partial charge in [0.2, 0.25) is 0 Å². The highest BCUT2D eigenvalue weighted by atomic mass is 19.1. The fourth-order valence-electron chi connectivity index (χ4n) is 3.06. The van der Waals surface area contributed by atoms with E-state index in [1.54, 1.807) is 12.1 Å². The summed E-state index contributed by atoms with van der Waals surface area (Å²) >= 11 is 0. The summed E-state index contributed by atoms with van der Waals surface area (Å²) in [6.45, 7) is 2.99. The van der Waals surface area contributed by atoms with Gasteiger partial charge in [0.25, 0.3) is 0 Å². The number of phenolic OH excluding ortho intramolecular Hbond substituents is 1. The molecule has 0 spiro atoms. The van der Waals surface area contributed by atoms with Gasteiger partial charge in [-0.05, 0) is 63.0 Å². The third-order valence-corrected chi connectivity index (χ3v) is 4.57. The number of rotatable bonds is 6. The molecule has 0 amide bonds. The standard InChI is InChI=1S/C16H22FNO/c1-10(14-7-6-13(19)8-16(14)17)18-9-15(11-2-3-11)12-4-5-12/h6-8,10-12,15,18-19H,2-5,9H2,1H3. The fourth-order valence-corrected chi connectivity index (χ4v) is 3.06. The van der Waals surface area contributed by atoms with Crippen LogP contribution in [-0.2, 0) is 0 Å². The van der Waals surface area contributed by atoms with Crippen molar-refractivity contribution < 1.29 is 9.50 Å². The third kappa shape index (κ3) is 3.08. The van der Waals surface area contributed by atoms with Crippen LogP contribution in [0.3, 0.4) is 0 Å². The van der Waals surface area contributed by atoms with Gasteiger partial charge in [0.15, 0.2) is 0 Å². The minimum Gasteiger partial charge on any atom is -0.508 e. The monoisotopic (exact) mass is 263 g/mol. The van der Waals surface area contributed by atoms with Gasteiger partial charge in [-0.1, -0.05) is 6.07 Å². The molecule has 1 aromatic carbocycles. The lowest BCUT2D eigenvalue weighted by atomic mass is 9.97. The molecule has 1 unspecified atom stereocenters. The first kappa shape index (κ1) is 12.9. The molecule has 104 valence electrons. The lowest BCUT2D eigenvalue weighted by Crippen LogP contribution is -2.28. The van der Waals surface area contributed by atoms with E-state index in [-0.39, 0.29) is 17.6 Å². The number of nitrogens with one attached hydrogen (secondary N) is 1. The molecule has 2 aliphatic carbocycles. The van der Waals surface area contributed by atoms with Gasteiger partial charge in [0.05, 0.1) is 0 Å². The number of phenols is 1. The van der Waals surface area contributed by atoms with Crippen molar-refractivity contribution in [3.63, 3.8) is 0 Å². The second-order valence-corrected chi connectivity index (χ2v) is 6.17. The third-order valence-electron chi connectivity index (χ3n) is 4.57. The maximum atomic E-state index is 13.8. The molecule has 19 heavy (non-hydrogen) atoms. The normalized spacial score (nSPS) is 20.8. The van der Waals surface area contributed by atoms with Crippen LogP contribution in [0.4, 0.5) is 4.39 Å². The summed E-state index contributed by atoms with van der Waals surface area (Å²) < 4.78 is 13.8. The zero-order valence-corrected chi connectivity index (χ0v) is 11.4. The van der Waals surface area contributed by atoms with Gasteiger partial charge in [-0.2, -0.15) is 0 Å². The Bertz CT molecular complexity index is 442. The van der Waals surface area contributed by atoms with Crippen molar-refractivity contribution in [3.05, 3.63) is 29.6 Å². The van der Waals surface area contributed by atoms with Crippen LogP contribution in [0, 0.1) is 23.6 Å². The first-order chi connectivity index (χ1) is 9.15. The Morgan fingerprint density at radius 2 is 1.89 bits per heavy atom. The van der Waals surface area contributed by atoms with E-state index < -0.39 is 0 Å². The van der Waals surface area contributed by atoms with Crippen molar-refractivity contribution in [2.45, 2.75) is 38.6 Å². The maximum Gasteiger partial charge on any atom is 0.131 e. The van der Waals surface area contributed by atoms with E-state index in [0.717, 1.165) is 24.3 Å². The molecule has 2 saturated carbocycles. The summed E-state index contributed by atoms with van der Waals surface area (Å²) in [7, 11) is 0. The number of halogens is 1. The second kappa shape index (κ2) is 5.12. The summed E-state index contributed by atoms with van der Waals surface area (Å²) in [6.07, 6.45) is 5.52. The topological polar surface area (TPSA) is 32.3 Å². The summed E-state index contributed by atoms with van der Waals surface area (Å²) in [6, 6.07) is 4.41. The zero-order valence-electron chi connectivity index (χ0n) is 11.4. The van der Waals surface area contributed by atoms with Crippen LogP contribution in [0.2, 0.25) is 0 Å². The van der Waals surface area contributed by atoms with Gasteiger partial charge in [-0.25, -0.2) is 4.39 Å². The van der Waals surface area contributed by atoms with Gasteiger partial charge in [0, 0.05) is 17.7 Å². The van der Waals surface area contributed by atoms with Crippen molar-refractivity contribution in [3.8, 4) is 5.75 Å². The van der Waals surface area contributed by atoms with Crippen LogP contribution in [0.15, 0.2) is 18.2 Å². The quantitative estimate of drug-likeness (QED) is 0.821. The smallest absolute Gasteiger partial charge is 0.131 e. The molecule has 0 radical (unpaired) electrons. The van der Waals surface area contributed by atoms with Crippen molar-refractivity contribution >= 4 is 0 Å². The van der Waals surface area contributed by atoms with E-state index >= 15 is 0 Å². The van der Waals surface area contributed by atoms with E-state index in [1.807, 2.05) is 6.92 Å². The van der Waals surface area contributed by atoms with Crippen LogP contribution in [0.5, 0.6) is 5.75 Å². The van der Waals surface area contributed by atoms with E-state index in [0.29, 0.717) is 5.56 Å². The Hall–Kier alpha value is -1.09. The SMILES string of the molecule is CC(NCC(C1CC1)C1CC1)c1ccc(O)cc1F. The molecule has 1 atom stereocenters. The molecule has 0 aromatic heterocycles. The predicted molar refractivity (Wildman–Crippen MR) is 73.4 cm³/mol. The van der Waals surface area contributed by atoms with Crippen molar-refractivity contribution in [2.24, 2.45) is 17.8 Å². The second-order valence-electron chi connectivity index (χ2n) is 6.17. The largest absolute Gasteiger partial charge is 0.508 e. The van der Waals surface area contributed by atoms with E-state index in [1.165, 1.54) is 31.7 Å². The molecule has 0 aliphatic heterocycles. The van der Waals surface area contributed by atoms with Gasteiger partial charge in [0.1, 0.15) is 11.6 Å². The van der Waals surface area contributed by atoms with Crippen LogP contribution in [0.1, 0.15) is 44.2 Å². The predicted octanol–water partition coefficient (Wildman–Crippen LogP) is 3.62. The molecule has 2 N–H and O–H groups in total. The average Bonchev–Trinajstić information content (AvgIpc) is 3.23. The minimum atomic E-state index is -0.325. The molecule has 2 aliphatic rings. The molecule has 3 heteroatoms. The van der Waals surface area contributed by atoms with E-state index in [2.05, 4.69) is 5.32 Å². The van der Waals surface area contributed by atoms with Gasteiger partial charge in [-0.3, -0.25) is 0 Å². The zero-order chi connectivity index (χ0) is 13.4. The number of aromatic hydroxyl groups is 1. The minimum absolute atomic E-state index is 0.000556. The fraction of sp³-hybridized carbons (Fsp3) is 0.625. The summed E-state index contributed by atoms with van der Waals surface area (Å²) in [5.41, 5.74) is 0.642. The van der Waals surface area contributed by atoms with Gasteiger partial charge >= 0.3 is 0 Å².